The van der Waals surface area contributed by atoms with Gasteiger partial charge in [0.15, 0.2) is 0 Å². The zero-order chi connectivity index (χ0) is 14.4. The van der Waals surface area contributed by atoms with E-state index in [9.17, 15) is 9.59 Å². The van der Waals surface area contributed by atoms with Gasteiger partial charge in [-0.15, -0.1) is 0 Å². The molecular formula is C14H21N3O3. The van der Waals surface area contributed by atoms with Crippen LogP contribution >= 0.6 is 0 Å². The Balaban J connectivity index is 1.73. The number of nitrogens with zero attached hydrogens (tertiary/aromatic N) is 2. The molecule has 1 aromatic rings. The van der Waals surface area contributed by atoms with Gasteiger partial charge in [0, 0.05) is 19.2 Å². The van der Waals surface area contributed by atoms with E-state index < -0.39 is 5.97 Å². The first-order valence-corrected chi connectivity index (χ1v) is 7.22. The van der Waals surface area contributed by atoms with Crippen molar-refractivity contribution in [3.05, 3.63) is 18.0 Å². The summed E-state index contributed by atoms with van der Waals surface area (Å²) in [4.78, 5) is 22.2. The average molecular weight is 279 g/mol. The molecule has 2 N–H and O–H groups in total. The van der Waals surface area contributed by atoms with Gasteiger partial charge in [0.25, 0.3) is 5.91 Å². The third-order valence-corrected chi connectivity index (χ3v) is 3.64. The van der Waals surface area contributed by atoms with Crippen molar-refractivity contribution in [2.75, 3.05) is 6.54 Å². The maximum atomic E-state index is 11.9. The zero-order valence-electron chi connectivity index (χ0n) is 11.5. The van der Waals surface area contributed by atoms with Crippen molar-refractivity contribution in [2.45, 2.75) is 51.0 Å². The maximum absolute atomic E-state index is 11.9. The van der Waals surface area contributed by atoms with Crippen molar-refractivity contribution < 1.29 is 14.7 Å². The van der Waals surface area contributed by atoms with Gasteiger partial charge >= 0.3 is 5.97 Å². The van der Waals surface area contributed by atoms with E-state index in [2.05, 4.69) is 10.4 Å². The quantitative estimate of drug-likeness (QED) is 0.747. The van der Waals surface area contributed by atoms with E-state index in [4.69, 9.17) is 5.11 Å². The highest BCUT2D eigenvalue weighted by Crippen LogP contribution is 2.28. The molecule has 6 heteroatoms. The average Bonchev–Trinajstić information content (AvgIpc) is 3.08. The van der Waals surface area contributed by atoms with Crippen LogP contribution in [0.5, 0.6) is 0 Å². The highest BCUT2D eigenvalue weighted by atomic mass is 16.4. The predicted molar refractivity (Wildman–Crippen MR) is 73.6 cm³/mol. The number of carboxylic acids is 1. The van der Waals surface area contributed by atoms with Crippen molar-refractivity contribution in [1.82, 2.24) is 15.1 Å². The van der Waals surface area contributed by atoms with Crippen LogP contribution in [-0.2, 0) is 4.79 Å². The highest BCUT2D eigenvalue weighted by molar-refractivity contribution is 5.92. The normalized spacial score (nSPS) is 15.4. The fourth-order valence-corrected chi connectivity index (χ4v) is 2.53. The number of aromatic nitrogens is 2. The molecular weight excluding hydrogens is 258 g/mol. The number of carbonyl (C=O) groups is 2. The minimum absolute atomic E-state index is 0.145. The van der Waals surface area contributed by atoms with E-state index in [-0.39, 0.29) is 12.3 Å². The summed E-state index contributed by atoms with van der Waals surface area (Å²) < 4.78 is 1.90. The summed E-state index contributed by atoms with van der Waals surface area (Å²) in [5.41, 5.74) is 0.440. The van der Waals surface area contributed by atoms with Crippen LogP contribution < -0.4 is 5.32 Å². The van der Waals surface area contributed by atoms with Crippen molar-refractivity contribution in [3.63, 3.8) is 0 Å². The third-order valence-electron chi connectivity index (χ3n) is 3.64. The molecule has 0 aliphatic heterocycles. The van der Waals surface area contributed by atoms with Crippen molar-refractivity contribution in [2.24, 2.45) is 0 Å². The number of rotatable bonds is 7. The second-order valence-corrected chi connectivity index (χ2v) is 5.23. The fraction of sp³-hybridized carbons (Fsp3) is 0.643. The second kappa shape index (κ2) is 7.07. The molecule has 1 aromatic heterocycles. The summed E-state index contributed by atoms with van der Waals surface area (Å²) >= 11 is 0. The van der Waals surface area contributed by atoms with E-state index in [1.165, 1.54) is 12.8 Å². The van der Waals surface area contributed by atoms with Crippen LogP contribution in [0.2, 0.25) is 0 Å². The molecule has 1 amide bonds. The third kappa shape index (κ3) is 4.08. The molecule has 0 aromatic carbocycles. The largest absolute Gasteiger partial charge is 0.481 e. The standard InChI is InChI=1S/C14H21N3O3/c18-13(19)7-3-4-9-15-14(20)12-8-10-17(16-12)11-5-1-2-6-11/h8,10-11H,1-7,9H2,(H,15,20)(H,18,19). The lowest BCUT2D eigenvalue weighted by Gasteiger charge is -2.08. The molecule has 1 aliphatic carbocycles. The second-order valence-electron chi connectivity index (χ2n) is 5.23. The SMILES string of the molecule is O=C(O)CCCCNC(=O)c1ccn(C2CCCC2)n1. The minimum Gasteiger partial charge on any atom is -0.481 e. The van der Waals surface area contributed by atoms with Crippen molar-refractivity contribution in [1.29, 1.82) is 0 Å². The predicted octanol–water partition coefficient (Wildman–Crippen LogP) is 1.98. The molecule has 0 spiro atoms. The Morgan fingerprint density at radius 1 is 1.35 bits per heavy atom. The minimum atomic E-state index is -0.799. The first kappa shape index (κ1) is 14.6. The molecule has 1 aliphatic rings. The molecule has 2 rings (SSSR count). The van der Waals surface area contributed by atoms with Gasteiger partial charge in [0.2, 0.25) is 0 Å². The van der Waals surface area contributed by atoms with Gasteiger partial charge in [0.05, 0.1) is 6.04 Å². The van der Waals surface area contributed by atoms with Gasteiger partial charge < -0.3 is 10.4 Å². The molecule has 110 valence electrons. The Labute approximate surface area is 118 Å². The first-order valence-electron chi connectivity index (χ1n) is 7.22. The highest BCUT2D eigenvalue weighted by Gasteiger charge is 2.18. The van der Waals surface area contributed by atoms with E-state index in [1.807, 2.05) is 10.9 Å². The van der Waals surface area contributed by atoms with E-state index in [0.717, 1.165) is 12.8 Å². The molecule has 1 saturated carbocycles. The Morgan fingerprint density at radius 3 is 2.80 bits per heavy atom. The summed E-state index contributed by atoms with van der Waals surface area (Å²) in [5.74, 6) is -0.983. The van der Waals surface area contributed by atoms with Gasteiger partial charge in [-0.3, -0.25) is 14.3 Å². The Kier molecular flexibility index (Phi) is 5.15. The molecule has 0 radical (unpaired) electrons. The van der Waals surface area contributed by atoms with Crippen molar-refractivity contribution in [3.8, 4) is 0 Å². The molecule has 0 saturated heterocycles. The molecule has 1 fully saturated rings. The molecule has 20 heavy (non-hydrogen) atoms. The Bertz CT molecular complexity index is 464. The van der Waals surface area contributed by atoms with Gasteiger partial charge in [-0.25, -0.2) is 0 Å². The fourth-order valence-electron chi connectivity index (χ4n) is 2.53. The van der Waals surface area contributed by atoms with Crippen LogP contribution in [0.1, 0.15) is 61.5 Å². The number of aliphatic carboxylic acids is 1. The summed E-state index contributed by atoms with van der Waals surface area (Å²) in [6, 6.07) is 2.18. The van der Waals surface area contributed by atoms with E-state index >= 15 is 0 Å². The lowest BCUT2D eigenvalue weighted by molar-refractivity contribution is -0.137. The number of hydrogen-bond acceptors (Lipinski definition) is 3. The molecule has 0 atom stereocenters. The van der Waals surface area contributed by atoms with Crippen LogP contribution in [0, 0.1) is 0 Å². The lowest BCUT2D eigenvalue weighted by Crippen LogP contribution is -2.25. The van der Waals surface area contributed by atoms with Gasteiger partial charge in [0.1, 0.15) is 5.69 Å². The Hall–Kier alpha value is -1.85. The van der Waals surface area contributed by atoms with Crippen LogP contribution in [-0.4, -0.2) is 33.3 Å². The van der Waals surface area contributed by atoms with Crippen LogP contribution in [0.4, 0.5) is 0 Å². The van der Waals surface area contributed by atoms with Crippen LogP contribution in [0.25, 0.3) is 0 Å². The maximum Gasteiger partial charge on any atom is 0.303 e. The van der Waals surface area contributed by atoms with Gasteiger partial charge in [-0.2, -0.15) is 5.10 Å². The monoisotopic (exact) mass is 279 g/mol. The molecule has 6 nitrogen and oxygen atoms in total. The summed E-state index contributed by atoms with van der Waals surface area (Å²) in [5, 5.41) is 15.6. The number of carboxylic acid groups (broad SMARTS) is 1. The smallest absolute Gasteiger partial charge is 0.303 e. The first-order chi connectivity index (χ1) is 9.66. The summed E-state index contributed by atoms with van der Waals surface area (Å²) in [7, 11) is 0. The van der Waals surface area contributed by atoms with Crippen LogP contribution in [0.3, 0.4) is 0 Å². The lowest BCUT2D eigenvalue weighted by atomic mass is 10.2. The van der Waals surface area contributed by atoms with Gasteiger partial charge in [-0.1, -0.05) is 12.8 Å². The van der Waals surface area contributed by atoms with E-state index in [1.54, 1.807) is 6.07 Å². The number of carbonyl (C=O) groups excluding carboxylic acids is 1. The zero-order valence-corrected chi connectivity index (χ0v) is 11.5. The number of hydrogen-bond donors (Lipinski definition) is 2. The summed E-state index contributed by atoms with van der Waals surface area (Å²) in [6.45, 7) is 0.488. The van der Waals surface area contributed by atoms with Crippen molar-refractivity contribution >= 4 is 11.9 Å². The molecule has 0 bridgehead atoms. The Morgan fingerprint density at radius 2 is 2.10 bits per heavy atom. The van der Waals surface area contributed by atoms with Crippen LogP contribution in [0.15, 0.2) is 12.3 Å². The number of amides is 1. The van der Waals surface area contributed by atoms with Gasteiger partial charge in [-0.05, 0) is 31.7 Å². The molecule has 1 heterocycles. The van der Waals surface area contributed by atoms with E-state index in [0.29, 0.717) is 31.1 Å². The summed E-state index contributed by atoms with van der Waals surface area (Å²) in [6.07, 6.45) is 8.00. The number of nitrogens with one attached hydrogen (secondary N) is 1. The molecule has 0 unspecified atom stereocenters. The topological polar surface area (TPSA) is 84.2 Å². The number of unbranched alkanes of at least 4 members (excludes halogenated alkanes) is 1.